The van der Waals surface area contributed by atoms with Crippen LogP contribution in [0, 0.1) is 34.5 Å². The minimum Gasteiger partial charge on any atom is -0.459 e. The molecule has 0 aliphatic heterocycles. The van der Waals surface area contributed by atoms with Gasteiger partial charge in [0.05, 0.1) is 11.1 Å². The molecule has 0 amide bonds. The molecule has 0 saturated heterocycles. The number of fused-ring (bicyclic) bond motifs is 5. The SMILES string of the molecule is C=C1C[C@H]2C[C@@H](OC(=O)c3ccccc3)CC[C@]2(C)[C@H]2CC[C@@]3(C)[C@@H](OC(=O)c4ccccc4)CC[C@H]3[C@@H]12. The molecule has 4 aliphatic rings. The Morgan fingerprint density at radius 3 is 2.00 bits per heavy atom. The second-order valence-electron chi connectivity index (χ2n) is 12.9. The van der Waals surface area contributed by atoms with Crippen LogP contribution in [0.1, 0.15) is 85.9 Å². The van der Waals surface area contributed by atoms with Crippen LogP contribution in [-0.4, -0.2) is 24.1 Å². The van der Waals surface area contributed by atoms with Crippen molar-refractivity contribution in [2.75, 3.05) is 0 Å². The molecular weight excluding hydrogens is 472 g/mol. The first-order valence-corrected chi connectivity index (χ1v) is 14.5. The molecule has 0 unspecified atom stereocenters. The predicted molar refractivity (Wildman–Crippen MR) is 148 cm³/mol. The van der Waals surface area contributed by atoms with Crippen molar-refractivity contribution in [3.05, 3.63) is 83.9 Å². The van der Waals surface area contributed by atoms with Crippen LogP contribution in [0.15, 0.2) is 72.8 Å². The molecule has 4 heteroatoms. The summed E-state index contributed by atoms with van der Waals surface area (Å²) in [6.07, 6.45) is 8.18. The van der Waals surface area contributed by atoms with Crippen LogP contribution in [-0.2, 0) is 9.47 Å². The van der Waals surface area contributed by atoms with E-state index in [1.807, 2.05) is 60.7 Å². The van der Waals surface area contributed by atoms with Gasteiger partial charge in [-0.2, -0.15) is 0 Å². The fourth-order valence-corrected chi connectivity index (χ4v) is 8.90. The van der Waals surface area contributed by atoms with Crippen LogP contribution in [0.25, 0.3) is 0 Å². The summed E-state index contributed by atoms with van der Waals surface area (Å²) in [7, 11) is 0. The topological polar surface area (TPSA) is 52.6 Å². The zero-order valence-corrected chi connectivity index (χ0v) is 22.7. The first kappa shape index (κ1) is 25.4. The lowest BCUT2D eigenvalue weighted by molar-refractivity contribution is -0.116. The lowest BCUT2D eigenvalue weighted by atomic mass is 9.44. The molecule has 0 N–H and O–H groups in total. The Kier molecular flexibility index (Phi) is 6.48. The molecule has 38 heavy (non-hydrogen) atoms. The Morgan fingerprint density at radius 2 is 1.34 bits per heavy atom. The third-order valence-corrected chi connectivity index (χ3v) is 11.0. The van der Waals surface area contributed by atoms with E-state index >= 15 is 0 Å². The van der Waals surface area contributed by atoms with Crippen LogP contribution < -0.4 is 0 Å². The van der Waals surface area contributed by atoms with Gasteiger partial charge in [0, 0.05) is 5.41 Å². The lowest BCUT2D eigenvalue weighted by Gasteiger charge is -2.61. The highest BCUT2D eigenvalue weighted by Crippen LogP contribution is 2.67. The summed E-state index contributed by atoms with van der Waals surface area (Å²) in [5, 5.41) is 0. The number of benzene rings is 2. The molecule has 4 fully saturated rings. The number of rotatable bonds is 4. The summed E-state index contributed by atoms with van der Waals surface area (Å²) in [4.78, 5) is 25.7. The number of allylic oxidation sites excluding steroid dienone is 1. The van der Waals surface area contributed by atoms with Crippen LogP contribution in [0.3, 0.4) is 0 Å². The number of hydrogen-bond acceptors (Lipinski definition) is 4. The molecule has 0 heterocycles. The van der Waals surface area contributed by atoms with Gasteiger partial charge in [0.15, 0.2) is 0 Å². The number of hydrogen-bond donors (Lipinski definition) is 0. The van der Waals surface area contributed by atoms with Crippen molar-refractivity contribution >= 4 is 11.9 Å². The van der Waals surface area contributed by atoms with E-state index in [2.05, 4.69) is 20.4 Å². The second-order valence-corrected chi connectivity index (χ2v) is 12.9. The Labute approximate surface area is 226 Å². The summed E-state index contributed by atoms with van der Waals surface area (Å²) < 4.78 is 12.2. The van der Waals surface area contributed by atoms with Gasteiger partial charge in [-0.05, 0) is 105 Å². The molecule has 2 aromatic rings. The first-order chi connectivity index (χ1) is 18.3. The van der Waals surface area contributed by atoms with E-state index in [-0.39, 0.29) is 35.0 Å². The lowest BCUT2D eigenvalue weighted by Crippen LogP contribution is -2.55. The summed E-state index contributed by atoms with van der Waals surface area (Å²) in [6.45, 7) is 9.53. The van der Waals surface area contributed by atoms with Crippen molar-refractivity contribution in [2.45, 2.75) is 77.4 Å². The van der Waals surface area contributed by atoms with E-state index < -0.39 is 0 Å². The fourth-order valence-electron chi connectivity index (χ4n) is 8.90. The normalized spacial score (nSPS) is 37.9. The molecule has 8 atom stereocenters. The summed E-state index contributed by atoms with van der Waals surface area (Å²) in [5.41, 5.74) is 2.88. The number of carbonyl (C=O) groups excluding carboxylic acids is 2. The van der Waals surface area contributed by atoms with Crippen molar-refractivity contribution in [1.82, 2.24) is 0 Å². The van der Waals surface area contributed by atoms with Gasteiger partial charge in [0.2, 0.25) is 0 Å². The Bertz CT molecular complexity index is 1210. The zero-order chi connectivity index (χ0) is 26.5. The predicted octanol–water partition coefficient (Wildman–Crippen LogP) is 7.65. The van der Waals surface area contributed by atoms with Gasteiger partial charge in [0.25, 0.3) is 0 Å². The van der Waals surface area contributed by atoms with Gasteiger partial charge < -0.3 is 9.47 Å². The maximum atomic E-state index is 12.9. The van der Waals surface area contributed by atoms with Crippen LogP contribution in [0.2, 0.25) is 0 Å². The third kappa shape index (κ3) is 4.21. The second kappa shape index (κ2) is 9.70. The summed E-state index contributed by atoms with van der Waals surface area (Å²) in [6, 6.07) is 18.7. The molecule has 0 radical (unpaired) electrons. The highest BCUT2D eigenvalue weighted by Gasteiger charge is 2.62. The van der Waals surface area contributed by atoms with Gasteiger partial charge in [-0.25, -0.2) is 9.59 Å². The zero-order valence-electron chi connectivity index (χ0n) is 22.7. The average molecular weight is 513 g/mol. The van der Waals surface area contributed by atoms with Gasteiger partial charge in [-0.15, -0.1) is 0 Å². The fraction of sp³-hybridized carbons (Fsp3) is 0.529. The highest BCUT2D eigenvalue weighted by atomic mass is 16.5. The molecule has 4 nitrogen and oxygen atoms in total. The molecule has 4 saturated carbocycles. The minimum atomic E-state index is -0.206. The Balaban J connectivity index is 1.15. The van der Waals surface area contributed by atoms with Crippen molar-refractivity contribution in [1.29, 1.82) is 0 Å². The number of esters is 2. The van der Waals surface area contributed by atoms with Crippen molar-refractivity contribution < 1.29 is 19.1 Å². The smallest absolute Gasteiger partial charge is 0.338 e. The molecule has 200 valence electrons. The van der Waals surface area contributed by atoms with Crippen LogP contribution in [0.5, 0.6) is 0 Å². The van der Waals surface area contributed by atoms with Gasteiger partial charge >= 0.3 is 11.9 Å². The maximum Gasteiger partial charge on any atom is 0.338 e. The number of ether oxygens (including phenoxy) is 2. The molecule has 4 aliphatic carbocycles. The third-order valence-electron chi connectivity index (χ3n) is 11.0. The van der Waals surface area contributed by atoms with E-state index in [1.165, 1.54) is 5.57 Å². The van der Waals surface area contributed by atoms with Crippen molar-refractivity contribution in [2.24, 2.45) is 34.5 Å². The van der Waals surface area contributed by atoms with Crippen molar-refractivity contribution in [3.63, 3.8) is 0 Å². The summed E-state index contributed by atoms with van der Waals surface area (Å²) >= 11 is 0. The largest absolute Gasteiger partial charge is 0.459 e. The first-order valence-electron chi connectivity index (χ1n) is 14.5. The molecule has 0 aromatic heterocycles. The maximum absolute atomic E-state index is 12.9. The standard InChI is InChI=1S/C34H40O4/c1-22-20-25-21-26(37-31(35)23-10-6-4-7-11-23)16-18-33(25,2)28-17-19-34(3)27(30(22)28)14-15-29(34)38-32(36)24-12-8-5-9-13-24/h4-13,25-30H,1,14-21H2,2-3H3/t25-,26-,27-,28-,29-,30+,33-,34+/m0/s1. The van der Waals surface area contributed by atoms with Gasteiger partial charge in [-0.3, -0.25) is 0 Å². The van der Waals surface area contributed by atoms with Crippen LogP contribution in [0.4, 0.5) is 0 Å². The van der Waals surface area contributed by atoms with Crippen molar-refractivity contribution in [3.8, 4) is 0 Å². The van der Waals surface area contributed by atoms with E-state index in [0.717, 1.165) is 51.4 Å². The Hall–Kier alpha value is -2.88. The van der Waals surface area contributed by atoms with E-state index in [0.29, 0.717) is 34.8 Å². The van der Waals surface area contributed by atoms with E-state index in [9.17, 15) is 9.59 Å². The summed E-state index contributed by atoms with van der Waals surface area (Å²) in [5.74, 6) is 1.68. The molecule has 6 rings (SSSR count). The quantitative estimate of drug-likeness (QED) is 0.312. The minimum absolute atomic E-state index is 0.000158. The highest BCUT2D eigenvalue weighted by molar-refractivity contribution is 5.89. The molecular formula is C34H40O4. The average Bonchev–Trinajstić information content (AvgIpc) is 3.26. The molecule has 0 spiro atoms. The van der Waals surface area contributed by atoms with Crippen LogP contribution >= 0.6 is 0 Å². The molecule has 2 aromatic carbocycles. The Morgan fingerprint density at radius 1 is 0.763 bits per heavy atom. The van der Waals surface area contributed by atoms with Gasteiger partial charge in [-0.1, -0.05) is 62.4 Å². The number of carbonyl (C=O) groups is 2. The van der Waals surface area contributed by atoms with E-state index in [4.69, 9.17) is 9.47 Å². The van der Waals surface area contributed by atoms with Gasteiger partial charge in [0.1, 0.15) is 12.2 Å². The monoisotopic (exact) mass is 512 g/mol. The molecule has 0 bridgehead atoms. The van der Waals surface area contributed by atoms with E-state index in [1.54, 1.807) is 0 Å².